The summed E-state index contributed by atoms with van der Waals surface area (Å²) < 4.78 is 40.6. The van der Waals surface area contributed by atoms with E-state index in [0.717, 1.165) is 16.4 Å². The van der Waals surface area contributed by atoms with E-state index >= 15 is 0 Å². The van der Waals surface area contributed by atoms with Gasteiger partial charge < -0.3 is 5.32 Å². The van der Waals surface area contributed by atoms with Crippen molar-refractivity contribution in [1.82, 2.24) is 0 Å². The van der Waals surface area contributed by atoms with E-state index in [9.17, 15) is 27.7 Å². The molecule has 160 valence electrons. The van der Waals surface area contributed by atoms with E-state index in [1.807, 2.05) is 0 Å². The third-order valence-corrected chi connectivity index (χ3v) is 6.30. The van der Waals surface area contributed by atoms with Crippen molar-refractivity contribution in [3.8, 4) is 0 Å². The summed E-state index contributed by atoms with van der Waals surface area (Å²) in [5.41, 5.74) is 0.344. The molecule has 3 rings (SSSR count). The number of hydrogen-bond donors (Lipinski definition) is 1. The van der Waals surface area contributed by atoms with Gasteiger partial charge in [-0.25, -0.2) is 12.8 Å². The first-order valence-electron chi connectivity index (χ1n) is 9.07. The van der Waals surface area contributed by atoms with E-state index < -0.39 is 33.2 Å². The predicted molar refractivity (Wildman–Crippen MR) is 114 cm³/mol. The first-order valence-corrected chi connectivity index (χ1v) is 10.5. The Labute approximate surface area is 178 Å². The highest BCUT2D eigenvalue weighted by Crippen LogP contribution is 2.26. The maximum absolute atomic E-state index is 13.4. The first-order chi connectivity index (χ1) is 14.7. The molecule has 0 spiro atoms. The summed E-state index contributed by atoms with van der Waals surface area (Å²) in [6.07, 6.45) is 0. The lowest BCUT2D eigenvalue weighted by atomic mass is 10.1. The van der Waals surface area contributed by atoms with Crippen LogP contribution in [0.4, 0.5) is 21.5 Å². The quantitative estimate of drug-likeness (QED) is 0.440. The predicted octanol–water partition coefficient (Wildman–Crippen LogP) is 3.88. The zero-order valence-corrected chi connectivity index (χ0v) is 17.2. The van der Waals surface area contributed by atoms with Gasteiger partial charge in [0.25, 0.3) is 15.7 Å². The molecule has 0 aliphatic heterocycles. The number of halogens is 1. The number of amides is 1. The Morgan fingerprint density at radius 1 is 1.03 bits per heavy atom. The minimum absolute atomic E-state index is 0.0429. The van der Waals surface area contributed by atoms with Crippen molar-refractivity contribution in [2.24, 2.45) is 0 Å². The standard InChI is InChI=1S/C21H18FN3O5S/c1-15-19(8-5-9-20(15)25(27)28)23-21(26)14-24(17-12-10-16(22)11-13-17)31(29,30)18-6-3-2-4-7-18/h2-13H,14H2,1H3,(H,23,26). The number of benzene rings is 3. The summed E-state index contributed by atoms with van der Waals surface area (Å²) >= 11 is 0. The number of nitro groups is 1. The number of anilines is 2. The Morgan fingerprint density at radius 3 is 2.29 bits per heavy atom. The van der Waals surface area contributed by atoms with Gasteiger partial charge in [-0.3, -0.25) is 19.2 Å². The van der Waals surface area contributed by atoms with E-state index in [0.29, 0.717) is 0 Å². The van der Waals surface area contributed by atoms with Gasteiger partial charge in [0.1, 0.15) is 12.4 Å². The maximum atomic E-state index is 13.4. The number of nitrogens with one attached hydrogen (secondary N) is 1. The van der Waals surface area contributed by atoms with Crippen LogP contribution in [0, 0.1) is 22.9 Å². The summed E-state index contributed by atoms with van der Waals surface area (Å²) in [6, 6.07) is 16.4. The summed E-state index contributed by atoms with van der Waals surface area (Å²) in [7, 11) is -4.14. The van der Waals surface area contributed by atoms with Gasteiger partial charge in [0.05, 0.1) is 26.8 Å². The zero-order valence-electron chi connectivity index (χ0n) is 16.4. The van der Waals surface area contributed by atoms with E-state index in [1.54, 1.807) is 18.2 Å². The molecule has 0 fully saturated rings. The summed E-state index contributed by atoms with van der Waals surface area (Å²) in [5, 5.41) is 13.6. The summed E-state index contributed by atoms with van der Waals surface area (Å²) in [5.74, 6) is -1.27. The molecule has 10 heteroatoms. The Kier molecular flexibility index (Phi) is 6.30. The van der Waals surface area contributed by atoms with E-state index in [1.165, 1.54) is 49.4 Å². The molecule has 8 nitrogen and oxygen atoms in total. The molecule has 3 aromatic carbocycles. The van der Waals surface area contributed by atoms with Crippen LogP contribution in [0.2, 0.25) is 0 Å². The topological polar surface area (TPSA) is 110 Å². The molecular formula is C21H18FN3O5S. The lowest BCUT2D eigenvalue weighted by Crippen LogP contribution is -2.38. The van der Waals surface area contributed by atoms with Crippen molar-refractivity contribution >= 4 is 33.0 Å². The monoisotopic (exact) mass is 443 g/mol. The van der Waals surface area contributed by atoms with Crippen LogP contribution in [0.25, 0.3) is 0 Å². The molecule has 1 amide bonds. The van der Waals surface area contributed by atoms with Gasteiger partial charge in [0, 0.05) is 6.07 Å². The molecule has 0 aromatic heterocycles. The van der Waals surface area contributed by atoms with E-state index in [4.69, 9.17) is 0 Å². The molecule has 0 aliphatic carbocycles. The number of nitro benzene ring substituents is 1. The SMILES string of the molecule is Cc1c(NC(=O)CN(c2ccc(F)cc2)S(=O)(=O)c2ccccc2)cccc1[N+](=O)[O-]. The molecule has 0 unspecified atom stereocenters. The fraction of sp³-hybridized carbons (Fsp3) is 0.0952. The van der Waals surface area contributed by atoms with Crippen molar-refractivity contribution in [2.75, 3.05) is 16.2 Å². The molecule has 0 atom stereocenters. The van der Waals surface area contributed by atoms with E-state index in [-0.39, 0.29) is 27.5 Å². The zero-order chi connectivity index (χ0) is 22.6. The highest BCUT2D eigenvalue weighted by Gasteiger charge is 2.27. The average Bonchev–Trinajstić information content (AvgIpc) is 2.74. The van der Waals surface area contributed by atoms with E-state index in [2.05, 4.69) is 5.32 Å². The second kappa shape index (κ2) is 8.92. The molecular weight excluding hydrogens is 425 g/mol. The van der Waals surface area contributed by atoms with Gasteiger partial charge in [0.2, 0.25) is 5.91 Å². The molecule has 3 aromatic rings. The third kappa shape index (κ3) is 4.86. The van der Waals surface area contributed by atoms with Gasteiger partial charge in [-0.15, -0.1) is 0 Å². The second-order valence-electron chi connectivity index (χ2n) is 6.56. The van der Waals surface area contributed by atoms with Crippen LogP contribution >= 0.6 is 0 Å². The summed E-state index contributed by atoms with van der Waals surface area (Å²) in [6.45, 7) is 0.858. The minimum atomic E-state index is -4.14. The molecule has 31 heavy (non-hydrogen) atoms. The van der Waals surface area contributed by atoms with Crippen LogP contribution in [0.15, 0.2) is 77.7 Å². The van der Waals surface area contributed by atoms with Gasteiger partial charge in [0.15, 0.2) is 0 Å². The van der Waals surface area contributed by atoms with Gasteiger partial charge in [-0.2, -0.15) is 0 Å². The fourth-order valence-corrected chi connectivity index (χ4v) is 4.36. The first kappa shape index (κ1) is 21.9. The minimum Gasteiger partial charge on any atom is -0.324 e. The molecule has 1 N–H and O–H groups in total. The van der Waals surface area contributed by atoms with Crippen molar-refractivity contribution in [1.29, 1.82) is 0 Å². The maximum Gasteiger partial charge on any atom is 0.274 e. The average molecular weight is 443 g/mol. The third-order valence-electron chi connectivity index (χ3n) is 4.51. The smallest absolute Gasteiger partial charge is 0.274 e. The molecule has 0 aliphatic rings. The number of hydrogen-bond acceptors (Lipinski definition) is 5. The van der Waals surface area contributed by atoms with Crippen LogP contribution in [-0.2, 0) is 14.8 Å². The van der Waals surface area contributed by atoms with Crippen molar-refractivity contribution in [3.05, 3.63) is 94.3 Å². The van der Waals surface area contributed by atoms with Crippen molar-refractivity contribution in [2.45, 2.75) is 11.8 Å². The lowest BCUT2D eigenvalue weighted by Gasteiger charge is -2.24. The van der Waals surface area contributed by atoms with Crippen LogP contribution in [-0.4, -0.2) is 25.8 Å². The highest BCUT2D eigenvalue weighted by molar-refractivity contribution is 7.92. The largest absolute Gasteiger partial charge is 0.324 e. The second-order valence-corrected chi connectivity index (χ2v) is 8.42. The molecule has 0 heterocycles. The normalized spacial score (nSPS) is 11.0. The van der Waals surface area contributed by atoms with Gasteiger partial charge in [-0.05, 0) is 49.4 Å². The highest BCUT2D eigenvalue weighted by atomic mass is 32.2. The Hall–Kier alpha value is -3.79. The Morgan fingerprint density at radius 2 is 1.68 bits per heavy atom. The summed E-state index contributed by atoms with van der Waals surface area (Å²) in [4.78, 5) is 23.2. The molecule has 0 bridgehead atoms. The van der Waals surface area contributed by atoms with Crippen LogP contribution in [0.3, 0.4) is 0 Å². The van der Waals surface area contributed by atoms with Crippen LogP contribution in [0.5, 0.6) is 0 Å². The number of carbonyl (C=O) groups is 1. The van der Waals surface area contributed by atoms with Crippen LogP contribution < -0.4 is 9.62 Å². The fourth-order valence-electron chi connectivity index (χ4n) is 2.92. The van der Waals surface area contributed by atoms with Gasteiger partial charge in [-0.1, -0.05) is 24.3 Å². The van der Waals surface area contributed by atoms with Crippen LogP contribution in [0.1, 0.15) is 5.56 Å². The van der Waals surface area contributed by atoms with Crippen molar-refractivity contribution in [3.63, 3.8) is 0 Å². The Bertz CT molecular complexity index is 1220. The van der Waals surface area contributed by atoms with Crippen molar-refractivity contribution < 1.29 is 22.5 Å². The molecule has 0 radical (unpaired) electrons. The number of rotatable bonds is 7. The lowest BCUT2D eigenvalue weighted by molar-refractivity contribution is -0.385. The Balaban J connectivity index is 1.94. The number of sulfonamides is 1. The van der Waals surface area contributed by atoms with Gasteiger partial charge >= 0.3 is 0 Å². The number of nitrogens with zero attached hydrogens (tertiary/aromatic N) is 2. The number of carbonyl (C=O) groups excluding carboxylic acids is 1. The molecule has 0 saturated heterocycles. The molecule has 0 saturated carbocycles.